The number of ketones is 1. The predicted octanol–water partition coefficient (Wildman–Crippen LogP) is -0.200. The van der Waals surface area contributed by atoms with Crippen LogP contribution in [0.4, 0.5) is 0 Å². The molecule has 5 aromatic carbocycles. The van der Waals surface area contributed by atoms with E-state index in [-0.39, 0.29) is 12.1 Å². The van der Waals surface area contributed by atoms with Crippen LogP contribution in [0.3, 0.4) is 0 Å². The monoisotopic (exact) mass is 1120 g/mol. The Hall–Kier alpha value is -10.8. The van der Waals surface area contributed by atoms with Crippen LogP contribution < -0.4 is 9.47 Å². The summed E-state index contributed by atoms with van der Waals surface area (Å²) in [6.45, 7) is -1.47. The lowest BCUT2D eigenvalue weighted by atomic mass is 9.70. The topological polar surface area (TPSA) is 537 Å². The van der Waals surface area contributed by atoms with Crippen LogP contribution in [0, 0.1) is 0 Å². The number of hydrogen-bond acceptors (Lipinski definition) is 31. The number of rotatable bonds is 5. The fourth-order valence-corrected chi connectivity index (χ4v) is 9.32. The first kappa shape index (κ1) is 52.6. The van der Waals surface area contributed by atoms with Gasteiger partial charge in [-0.3, -0.25) is 4.79 Å². The molecule has 0 amide bonds. The number of phenols is 13. The Morgan fingerprint density at radius 1 is 0.562 bits per heavy atom. The van der Waals surface area contributed by atoms with Gasteiger partial charge in [0.2, 0.25) is 46.9 Å². The number of benzene rings is 5. The number of aromatic carboxylic acids is 1. The van der Waals surface area contributed by atoms with E-state index in [0.717, 1.165) is 0 Å². The first-order valence-electron chi connectivity index (χ1n) is 22.2. The molecule has 4 heterocycles. The van der Waals surface area contributed by atoms with Crippen molar-refractivity contribution >= 4 is 41.6 Å². The van der Waals surface area contributed by atoms with Crippen molar-refractivity contribution in [2.45, 2.75) is 48.2 Å². The highest BCUT2D eigenvalue weighted by atomic mass is 16.8. The second-order valence-corrected chi connectivity index (χ2v) is 17.8. The van der Waals surface area contributed by atoms with E-state index < -0.39 is 238 Å². The predicted molar refractivity (Wildman–Crippen MR) is 241 cm³/mol. The third kappa shape index (κ3) is 7.64. The van der Waals surface area contributed by atoms with Gasteiger partial charge in [0, 0.05) is 28.8 Å². The highest BCUT2D eigenvalue weighted by Crippen LogP contribution is 2.59. The van der Waals surface area contributed by atoms with Gasteiger partial charge in [-0.1, -0.05) is 0 Å². The lowest BCUT2D eigenvalue weighted by Gasteiger charge is -2.49. The molecule has 1 saturated heterocycles. The van der Waals surface area contributed by atoms with Crippen molar-refractivity contribution in [3.05, 3.63) is 81.4 Å². The summed E-state index contributed by atoms with van der Waals surface area (Å²) < 4.78 is 44.6. The van der Waals surface area contributed by atoms with Crippen LogP contribution >= 0.6 is 0 Å². The molecule has 17 N–H and O–H groups in total. The number of cyclic esters (lactones) is 1. The molecule has 0 unspecified atom stereocenters. The third-order valence-corrected chi connectivity index (χ3v) is 13.2. The molecule has 5 aromatic rings. The number of aliphatic hydroxyl groups is 3. The van der Waals surface area contributed by atoms with Crippen LogP contribution in [0.25, 0.3) is 11.1 Å². The summed E-state index contributed by atoms with van der Waals surface area (Å²) in [5, 5.41) is 183. The smallest absolute Gasteiger partial charge is 0.340 e. The average molecular weight is 1120 g/mol. The molecule has 1 fully saturated rings. The normalized spacial score (nSPS) is 23.5. The average Bonchev–Trinajstić information content (AvgIpc) is 3.59. The molecular formula is C48H32O32. The summed E-state index contributed by atoms with van der Waals surface area (Å²) in [5.41, 5.74) is -10.6. The van der Waals surface area contributed by atoms with Gasteiger partial charge in [-0.2, -0.15) is 0 Å². The van der Waals surface area contributed by atoms with Crippen molar-refractivity contribution in [3.63, 3.8) is 0 Å². The highest BCUT2D eigenvalue weighted by molar-refractivity contribution is 6.10. The Morgan fingerprint density at radius 2 is 1.10 bits per heavy atom. The van der Waals surface area contributed by atoms with Gasteiger partial charge >= 0.3 is 41.6 Å². The van der Waals surface area contributed by atoms with Gasteiger partial charge in [0.1, 0.15) is 18.3 Å². The number of carboxylic acid groups (broad SMARTS) is 1. The molecule has 1 aliphatic carbocycles. The minimum absolute atomic E-state index is 0.214. The molecule has 10 rings (SSSR count). The maximum atomic E-state index is 15.0. The molecule has 0 radical (unpaired) electrons. The van der Waals surface area contributed by atoms with E-state index in [2.05, 4.69) is 0 Å². The molecule has 5 aliphatic rings. The molecule has 0 spiro atoms. The Labute approximate surface area is 438 Å². The van der Waals surface area contributed by atoms with Gasteiger partial charge in [0.25, 0.3) is 5.79 Å². The zero-order valence-corrected chi connectivity index (χ0v) is 38.9. The van der Waals surface area contributed by atoms with Crippen LogP contribution in [0.2, 0.25) is 0 Å². The third-order valence-electron chi connectivity index (χ3n) is 13.2. The molecule has 0 aromatic heterocycles. The summed E-state index contributed by atoms with van der Waals surface area (Å²) in [6.07, 6.45) is -12.8. The number of carbonyl (C=O) groups excluding carboxylic acids is 6. The van der Waals surface area contributed by atoms with E-state index in [4.69, 9.17) is 37.9 Å². The van der Waals surface area contributed by atoms with Crippen molar-refractivity contribution in [2.24, 2.45) is 0 Å². The summed E-state index contributed by atoms with van der Waals surface area (Å²) in [4.78, 5) is 98.7. The molecule has 416 valence electrons. The molecule has 80 heavy (non-hydrogen) atoms. The second kappa shape index (κ2) is 17.9. The summed E-state index contributed by atoms with van der Waals surface area (Å²) >= 11 is 0. The minimum atomic E-state index is -4.05. The van der Waals surface area contributed by atoms with Crippen LogP contribution in [0.1, 0.15) is 63.3 Å². The highest BCUT2D eigenvalue weighted by Gasteiger charge is 2.70. The minimum Gasteiger partial charge on any atom is -0.504 e. The van der Waals surface area contributed by atoms with Gasteiger partial charge in [0.15, 0.2) is 75.5 Å². The van der Waals surface area contributed by atoms with Crippen LogP contribution in [-0.2, 0) is 38.0 Å². The van der Waals surface area contributed by atoms with Crippen molar-refractivity contribution in [3.8, 4) is 103 Å². The molecule has 32 nitrogen and oxygen atoms in total. The summed E-state index contributed by atoms with van der Waals surface area (Å²) in [7, 11) is 0. The molecule has 7 atom stereocenters. The second-order valence-electron chi connectivity index (χ2n) is 17.8. The number of aromatic hydroxyl groups is 13. The zero-order chi connectivity index (χ0) is 58.3. The molecule has 32 heteroatoms. The van der Waals surface area contributed by atoms with Gasteiger partial charge in [-0.15, -0.1) is 0 Å². The lowest BCUT2D eigenvalue weighted by molar-refractivity contribution is -0.339. The van der Waals surface area contributed by atoms with E-state index in [1.807, 2.05) is 0 Å². The summed E-state index contributed by atoms with van der Waals surface area (Å²) in [5.74, 6) is -45.9. The molecular weight excluding hydrogens is 1090 g/mol. The maximum Gasteiger partial charge on any atom is 0.340 e. The van der Waals surface area contributed by atoms with Gasteiger partial charge in [-0.25, -0.2) is 28.8 Å². The van der Waals surface area contributed by atoms with Gasteiger partial charge in [-0.05, 0) is 30.3 Å². The van der Waals surface area contributed by atoms with Crippen LogP contribution in [-0.4, -0.2) is 177 Å². The number of carbonyl (C=O) groups is 7. The fraction of sp³-hybridized carbons (Fsp3) is 0.188. The number of fused-ring (bicyclic) bond motifs is 4. The number of carboxylic acids is 1. The quantitative estimate of drug-likeness (QED) is 0.0469. The fourth-order valence-electron chi connectivity index (χ4n) is 9.32. The standard InChI is InChI=1S/C48H32O32/c49-15-1-9(2-16(50)27(15)55)41(65)79-46-39-38-36(76-45(69)13-7-22(54)48(72)47(70,71)26(13)25-11(44(68)78-39)4-19(53)30(58)37(25)80-48)21(75-46)8-73-42(66)12-6-20(74-35-14(40(63)64)5-18(52)29(57)34(35)62)31(59)33(61)24(12)23-10(43(67)77-38)3-17(51)28(56)32(23)60/h1-7,21,26,36,38-39,46,49-53,55-62,70-72H,8H2,(H,63,64)/t21-,26+,36-,38+,39-,46+,48+/m1/s1. The van der Waals surface area contributed by atoms with Crippen molar-refractivity contribution < 1.29 is 158 Å². The first-order chi connectivity index (χ1) is 37.5. The molecule has 0 saturated carbocycles. The van der Waals surface area contributed by atoms with Crippen molar-refractivity contribution in [1.29, 1.82) is 0 Å². The number of esters is 5. The van der Waals surface area contributed by atoms with Crippen LogP contribution in [0.15, 0.2) is 48.0 Å². The van der Waals surface area contributed by atoms with E-state index in [1.165, 1.54) is 0 Å². The summed E-state index contributed by atoms with van der Waals surface area (Å²) in [6, 6.07) is 2.36. The van der Waals surface area contributed by atoms with Gasteiger partial charge in [0.05, 0.1) is 33.7 Å². The number of phenolic OH excluding ortho intramolecular Hbond substituents is 13. The Morgan fingerprint density at radius 3 is 1.75 bits per heavy atom. The van der Waals surface area contributed by atoms with E-state index in [0.29, 0.717) is 30.3 Å². The Bertz CT molecular complexity index is 3700. The number of hydrogen-bond donors (Lipinski definition) is 17. The van der Waals surface area contributed by atoms with E-state index in [9.17, 15) is 120 Å². The van der Waals surface area contributed by atoms with E-state index >= 15 is 0 Å². The van der Waals surface area contributed by atoms with Crippen molar-refractivity contribution in [2.75, 3.05) is 6.61 Å². The first-order valence-corrected chi connectivity index (χ1v) is 22.2. The largest absolute Gasteiger partial charge is 0.504 e. The van der Waals surface area contributed by atoms with E-state index in [1.54, 1.807) is 0 Å². The van der Waals surface area contributed by atoms with Crippen molar-refractivity contribution in [1.82, 2.24) is 0 Å². The number of ether oxygens (including phenoxy) is 8. The molecule has 6 bridgehead atoms. The van der Waals surface area contributed by atoms with Gasteiger partial charge < -0.3 is 125 Å². The zero-order valence-electron chi connectivity index (χ0n) is 38.9. The molecule has 4 aliphatic heterocycles. The Balaban J connectivity index is 1.20. The lowest BCUT2D eigenvalue weighted by Crippen LogP contribution is -2.70. The SMILES string of the molecule is O=C1O[C@H]2[C@@H]3OC(=O)c4cc(O)c(O)c(O)c4-c4c(cc(Oc5c(C(=O)O)cc(O)c(O)c5O)c(O)c4O)C(=O)OC[C@H]2O[C@@H](OC(=O)c2cc(O)c(O)c(O)c2)[C@@H]3OC(=O)c2cc(O)c(O)c3c2[C@@H]2C1=CC(=O)[C@](O)(O3)C2(O)O. The van der Waals surface area contributed by atoms with Crippen LogP contribution in [0.5, 0.6) is 92.0 Å². The Kier molecular flexibility index (Phi) is 11.8. The maximum absolute atomic E-state index is 15.0.